The second-order valence-corrected chi connectivity index (χ2v) is 4.74. The van der Waals surface area contributed by atoms with Gasteiger partial charge in [0.05, 0.1) is 0 Å². The highest BCUT2D eigenvalue weighted by atomic mass is 16.1. The Balaban J connectivity index is 2.11. The van der Waals surface area contributed by atoms with E-state index in [0.29, 0.717) is 11.1 Å². The third kappa shape index (κ3) is 3.51. The largest absolute Gasteiger partial charge is 0.295 e. The van der Waals surface area contributed by atoms with E-state index in [9.17, 15) is 9.59 Å². The number of rotatable bonds is 4. The van der Waals surface area contributed by atoms with Crippen molar-refractivity contribution >= 4 is 17.6 Å². The summed E-state index contributed by atoms with van der Waals surface area (Å²) in [7, 11) is 0. The lowest BCUT2D eigenvalue weighted by Gasteiger charge is -1.98. The minimum absolute atomic E-state index is 0.000744. The number of hydrogen-bond acceptors (Lipinski definition) is 2. The summed E-state index contributed by atoms with van der Waals surface area (Å²) in [5.74, 6) is -0.0696. The molecular formula is C18H16O2. The molecule has 0 aliphatic heterocycles. The molecule has 0 spiro atoms. The van der Waals surface area contributed by atoms with Crippen molar-refractivity contribution in [3.8, 4) is 0 Å². The minimum Gasteiger partial charge on any atom is -0.295 e. The molecule has 0 saturated carbocycles. The Morgan fingerprint density at radius 2 is 1.40 bits per heavy atom. The summed E-state index contributed by atoms with van der Waals surface area (Å²) in [4.78, 5) is 23.2. The maximum absolute atomic E-state index is 12.0. The normalized spacial score (nSPS) is 10.7. The highest BCUT2D eigenvalue weighted by Crippen LogP contribution is 2.09. The van der Waals surface area contributed by atoms with Gasteiger partial charge in [0.25, 0.3) is 0 Å². The molecule has 0 amide bonds. The molecule has 0 fully saturated rings. The molecule has 2 aromatic carbocycles. The minimum atomic E-state index is -0.0688. The van der Waals surface area contributed by atoms with Gasteiger partial charge in [-0.05, 0) is 25.5 Å². The van der Waals surface area contributed by atoms with Gasteiger partial charge in [0, 0.05) is 11.1 Å². The molecule has 20 heavy (non-hydrogen) atoms. The van der Waals surface area contributed by atoms with Crippen LogP contribution in [0.15, 0.2) is 54.6 Å². The standard InChI is InChI=1S/C18H16O2/c1-13-3-5-15(6-4-13)7-12-18(20)17-10-8-16(9-11-17)14(2)19/h3-12H,1-2H3. The predicted molar refractivity (Wildman–Crippen MR) is 81.0 cm³/mol. The molecule has 0 aromatic heterocycles. The summed E-state index contributed by atoms with van der Waals surface area (Å²) in [6.45, 7) is 3.53. The molecule has 0 unspecified atom stereocenters. The van der Waals surface area contributed by atoms with Crippen molar-refractivity contribution in [1.29, 1.82) is 0 Å². The molecular weight excluding hydrogens is 248 g/mol. The maximum atomic E-state index is 12.0. The van der Waals surface area contributed by atoms with Gasteiger partial charge in [-0.1, -0.05) is 60.2 Å². The van der Waals surface area contributed by atoms with Crippen molar-refractivity contribution in [3.05, 3.63) is 76.9 Å². The zero-order valence-corrected chi connectivity index (χ0v) is 11.6. The van der Waals surface area contributed by atoms with E-state index in [1.54, 1.807) is 36.4 Å². The van der Waals surface area contributed by atoms with Gasteiger partial charge in [0.1, 0.15) is 0 Å². The maximum Gasteiger partial charge on any atom is 0.185 e. The lowest BCUT2D eigenvalue weighted by atomic mass is 10.1. The van der Waals surface area contributed by atoms with Crippen molar-refractivity contribution in [1.82, 2.24) is 0 Å². The van der Waals surface area contributed by atoms with Gasteiger partial charge in [-0.15, -0.1) is 0 Å². The van der Waals surface area contributed by atoms with Gasteiger partial charge < -0.3 is 0 Å². The molecule has 0 heterocycles. The second kappa shape index (κ2) is 6.11. The average Bonchev–Trinajstić information content (AvgIpc) is 2.46. The Labute approximate surface area is 118 Å². The van der Waals surface area contributed by atoms with E-state index in [1.165, 1.54) is 12.5 Å². The van der Waals surface area contributed by atoms with E-state index in [4.69, 9.17) is 0 Å². The molecule has 2 nitrogen and oxygen atoms in total. The van der Waals surface area contributed by atoms with Crippen LogP contribution in [0.1, 0.15) is 38.8 Å². The van der Waals surface area contributed by atoms with E-state index < -0.39 is 0 Å². The average molecular weight is 264 g/mol. The quantitative estimate of drug-likeness (QED) is 0.615. The molecule has 2 heteroatoms. The summed E-state index contributed by atoms with van der Waals surface area (Å²) in [5.41, 5.74) is 3.38. The third-order valence-electron chi connectivity index (χ3n) is 3.08. The molecule has 0 aliphatic rings. The van der Waals surface area contributed by atoms with Crippen molar-refractivity contribution in [2.45, 2.75) is 13.8 Å². The zero-order chi connectivity index (χ0) is 14.5. The Morgan fingerprint density at radius 1 is 0.850 bits per heavy atom. The van der Waals surface area contributed by atoms with E-state index in [-0.39, 0.29) is 11.6 Å². The number of hydrogen-bond donors (Lipinski definition) is 0. The molecule has 0 N–H and O–H groups in total. The topological polar surface area (TPSA) is 34.1 Å². The molecule has 100 valence electrons. The van der Waals surface area contributed by atoms with Crippen molar-refractivity contribution in [2.75, 3.05) is 0 Å². The van der Waals surface area contributed by atoms with Crippen LogP contribution in [0.2, 0.25) is 0 Å². The summed E-state index contributed by atoms with van der Waals surface area (Å²) in [5, 5.41) is 0. The Morgan fingerprint density at radius 3 is 1.95 bits per heavy atom. The van der Waals surface area contributed by atoms with Gasteiger partial charge in [-0.25, -0.2) is 0 Å². The van der Waals surface area contributed by atoms with Gasteiger partial charge in [0.2, 0.25) is 0 Å². The van der Waals surface area contributed by atoms with Crippen LogP contribution in [0.5, 0.6) is 0 Å². The fourth-order valence-electron chi connectivity index (χ4n) is 1.81. The SMILES string of the molecule is CC(=O)c1ccc(C(=O)C=Cc2ccc(C)cc2)cc1. The molecule has 0 saturated heterocycles. The third-order valence-corrected chi connectivity index (χ3v) is 3.08. The zero-order valence-electron chi connectivity index (χ0n) is 11.6. The molecule has 2 aromatic rings. The van der Waals surface area contributed by atoms with Crippen molar-refractivity contribution < 1.29 is 9.59 Å². The van der Waals surface area contributed by atoms with Crippen LogP contribution in [-0.2, 0) is 0 Å². The predicted octanol–water partition coefficient (Wildman–Crippen LogP) is 4.09. The van der Waals surface area contributed by atoms with E-state index in [2.05, 4.69) is 0 Å². The van der Waals surface area contributed by atoms with Crippen LogP contribution in [0, 0.1) is 6.92 Å². The summed E-state index contributed by atoms with van der Waals surface area (Å²) in [6.07, 6.45) is 3.34. The first-order chi connectivity index (χ1) is 9.56. The highest BCUT2D eigenvalue weighted by molar-refractivity contribution is 6.07. The van der Waals surface area contributed by atoms with Crippen molar-refractivity contribution in [3.63, 3.8) is 0 Å². The van der Waals surface area contributed by atoms with Crippen LogP contribution < -0.4 is 0 Å². The summed E-state index contributed by atoms with van der Waals surface area (Å²) in [6, 6.07) is 14.7. The fraction of sp³-hybridized carbons (Fsp3) is 0.111. The molecule has 0 radical (unpaired) electrons. The Kier molecular flexibility index (Phi) is 4.26. The van der Waals surface area contributed by atoms with Crippen LogP contribution in [-0.4, -0.2) is 11.6 Å². The number of carbonyl (C=O) groups is 2. The molecule has 0 bridgehead atoms. The van der Waals surface area contributed by atoms with Crippen LogP contribution in [0.25, 0.3) is 6.08 Å². The first kappa shape index (κ1) is 13.9. The number of ketones is 2. The second-order valence-electron chi connectivity index (χ2n) is 4.74. The highest BCUT2D eigenvalue weighted by Gasteiger charge is 2.03. The van der Waals surface area contributed by atoms with Gasteiger partial charge >= 0.3 is 0 Å². The van der Waals surface area contributed by atoms with Gasteiger partial charge in [-0.3, -0.25) is 9.59 Å². The number of carbonyl (C=O) groups excluding carboxylic acids is 2. The van der Waals surface area contributed by atoms with Crippen LogP contribution in [0.3, 0.4) is 0 Å². The number of benzene rings is 2. The van der Waals surface area contributed by atoms with Crippen LogP contribution >= 0.6 is 0 Å². The number of aryl methyl sites for hydroxylation is 1. The number of Topliss-reactive ketones (excluding diaryl/α,β-unsaturated/α-hetero) is 1. The number of allylic oxidation sites excluding steroid dienone is 1. The van der Waals surface area contributed by atoms with Gasteiger partial charge in [-0.2, -0.15) is 0 Å². The first-order valence-corrected chi connectivity index (χ1v) is 6.46. The van der Waals surface area contributed by atoms with E-state index >= 15 is 0 Å². The summed E-state index contributed by atoms with van der Waals surface area (Å²) < 4.78 is 0. The molecule has 0 atom stereocenters. The first-order valence-electron chi connectivity index (χ1n) is 6.46. The van der Waals surface area contributed by atoms with E-state index in [1.807, 2.05) is 31.2 Å². The van der Waals surface area contributed by atoms with Crippen molar-refractivity contribution in [2.24, 2.45) is 0 Å². The monoisotopic (exact) mass is 264 g/mol. The Bertz CT molecular complexity index is 647. The lowest BCUT2D eigenvalue weighted by Crippen LogP contribution is -1.97. The van der Waals surface area contributed by atoms with Crippen LogP contribution in [0.4, 0.5) is 0 Å². The molecule has 2 rings (SSSR count). The molecule has 0 aliphatic carbocycles. The Hall–Kier alpha value is -2.48. The summed E-state index contributed by atoms with van der Waals surface area (Å²) >= 11 is 0. The fourth-order valence-corrected chi connectivity index (χ4v) is 1.81. The smallest absolute Gasteiger partial charge is 0.185 e. The lowest BCUT2D eigenvalue weighted by molar-refractivity contribution is 0.101. The van der Waals surface area contributed by atoms with E-state index in [0.717, 1.165) is 5.56 Å². The van der Waals surface area contributed by atoms with Gasteiger partial charge in [0.15, 0.2) is 11.6 Å².